The van der Waals surface area contributed by atoms with Crippen LogP contribution in [0.1, 0.15) is 19.3 Å². The molecule has 2 fully saturated rings. The Morgan fingerprint density at radius 3 is 2.95 bits per heavy atom. The first-order chi connectivity index (χ1) is 10.7. The molecule has 0 bridgehead atoms. The van der Waals surface area contributed by atoms with Crippen LogP contribution in [0.25, 0.3) is 10.9 Å². The molecule has 1 saturated carbocycles. The SMILES string of the molecule is COc1ccc2ncn(C[C@H]3CCN(C4CC4)C3)c(=O)c2c1. The van der Waals surface area contributed by atoms with Crippen LogP contribution in [-0.4, -0.2) is 40.7 Å². The molecule has 5 heteroatoms. The fourth-order valence-corrected chi connectivity index (χ4v) is 3.46. The van der Waals surface area contributed by atoms with Gasteiger partial charge in [-0.1, -0.05) is 0 Å². The van der Waals surface area contributed by atoms with E-state index in [9.17, 15) is 4.79 Å². The van der Waals surface area contributed by atoms with E-state index >= 15 is 0 Å². The van der Waals surface area contributed by atoms with Gasteiger partial charge in [0.25, 0.3) is 5.56 Å². The topological polar surface area (TPSA) is 47.4 Å². The minimum Gasteiger partial charge on any atom is -0.497 e. The summed E-state index contributed by atoms with van der Waals surface area (Å²) in [5, 5.41) is 0.638. The van der Waals surface area contributed by atoms with Gasteiger partial charge in [0.1, 0.15) is 5.75 Å². The maximum absolute atomic E-state index is 12.7. The number of likely N-dealkylation sites (tertiary alicyclic amines) is 1. The molecular weight excluding hydrogens is 278 g/mol. The highest BCUT2D eigenvalue weighted by atomic mass is 16.5. The van der Waals surface area contributed by atoms with E-state index in [2.05, 4.69) is 9.88 Å². The Morgan fingerprint density at radius 2 is 2.18 bits per heavy atom. The van der Waals surface area contributed by atoms with E-state index in [1.165, 1.54) is 25.8 Å². The van der Waals surface area contributed by atoms with E-state index in [1.54, 1.807) is 24.1 Å². The Labute approximate surface area is 129 Å². The summed E-state index contributed by atoms with van der Waals surface area (Å²) in [4.78, 5) is 19.7. The molecule has 2 aromatic rings. The average Bonchev–Trinajstić information content (AvgIpc) is 3.30. The van der Waals surface area contributed by atoms with Crippen molar-refractivity contribution in [3.8, 4) is 5.75 Å². The van der Waals surface area contributed by atoms with Crippen molar-refractivity contribution in [2.75, 3.05) is 20.2 Å². The third-order valence-electron chi connectivity index (χ3n) is 4.87. The minimum absolute atomic E-state index is 0.0359. The monoisotopic (exact) mass is 299 g/mol. The highest BCUT2D eigenvalue weighted by Gasteiger charge is 2.34. The molecule has 5 nitrogen and oxygen atoms in total. The van der Waals surface area contributed by atoms with Gasteiger partial charge < -0.3 is 9.64 Å². The fraction of sp³-hybridized carbons (Fsp3) is 0.529. The second kappa shape index (κ2) is 5.39. The van der Waals surface area contributed by atoms with Gasteiger partial charge in [-0.15, -0.1) is 0 Å². The molecule has 2 heterocycles. The smallest absolute Gasteiger partial charge is 0.261 e. The number of hydrogen-bond acceptors (Lipinski definition) is 4. The maximum Gasteiger partial charge on any atom is 0.261 e. The molecule has 0 radical (unpaired) electrons. The summed E-state index contributed by atoms with van der Waals surface area (Å²) in [6, 6.07) is 6.28. The van der Waals surface area contributed by atoms with E-state index in [1.807, 2.05) is 12.1 Å². The quantitative estimate of drug-likeness (QED) is 0.865. The maximum atomic E-state index is 12.7. The van der Waals surface area contributed by atoms with Crippen LogP contribution in [0.2, 0.25) is 0 Å². The van der Waals surface area contributed by atoms with Crippen molar-refractivity contribution in [1.29, 1.82) is 0 Å². The summed E-state index contributed by atoms with van der Waals surface area (Å²) in [5.74, 6) is 1.26. The van der Waals surface area contributed by atoms with E-state index in [-0.39, 0.29) is 5.56 Å². The van der Waals surface area contributed by atoms with E-state index in [0.29, 0.717) is 17.1 Å². The lowest BCUT2D eigenvalue weighted by Gasteiger charge is -2.15. The van der Waals surface area contributed by atoms with Crippen LogP contribution in [0.4, 0.5) is 0 Å². The number of methoxy groups -OCH3 is 1. The molecule has 116 valence electrons. The van der Waals surface area contributed by atoms with Gasteiger partial charge in [0, 0.05) is 19.1 Å². The van der Waals surface area contributed by atoms with Gasteiger partial charge in [-0.25, -0.2) is 4.98 Å². The van der Waals surface area contributed by atoms with Gasteiger partial charge in [0.05, 0.1) is 24.3 Å². The predicted molar refractivity (Wildman–Crippen MR) is 85.3 cm³/mol. The Kier molecular flexibility index (Phi) is 3.37. The van der Waals surface area contributed by atoms with Gasteiger partial charge in [-0.2, -0.15) is 0 Å². The van der Waals surface area contributed by atoms with E-state index in [0.717, 1.165) is 24.6 Å². The number of benzene rings is 1. The molecule has 0 amide bonds. The minimum atomic E-state index is 0.0359. The first-order valence-corrected chi connectivity index (χ1v) is 8.02. The van der Waals surface area contributed by atoms with Crippen molar-refractivity contribution < 1.29 is 4.74 Å². The van der Waals surface area contributed by atoms with Crippen molar-refractivity contribution >= 4 is 10.9 Å². The van der Waals surface area contributed by atoms with E-state index < -0.39 is 0 Å². The number of rotatable bonds is 4. The summed E-state index contributed by atoms with van der Waals surface area (Å²) in [6.07, 6.45) is 5.57. The normalized spacial score (nSPS) is 22.3. The predicted octanol–water partition coefficient (Wildman–Crippen LogP) is 1.89. The van der Waals surface area contributed by atoms with Crippen molar-refractivity contribution in [2.45, 2.75) is 31.8 Å². The Bertz CT molecular complexity index is 751. The van der Waals surface area contributed by atoms with Crippen LogP contribution in [-0.2, 0) is 6.54 Å². The molecule has 1 aliphatic carbocycles. The molecule has 1 saturated heterocycles. The second-order valence-electron chi connectivity index (χ2n) is 6.47. The first kappa shape index (κ1) is 13.8. The van der Waals surface area contributed by atoms with E-state index in [4.69, 9.17) is 4.74 Å². The zero-order valence-corrected chi connectivity index (χ0v) is 12.9. The van der Waals surface area contributed by atoms with Crippen molar-refractivity contribution in [1.82, 2.24) is 14.5 Å². The highest BCUT2D eigenvalue weighted by molar-refractivity contribution is 5.78. The van der Waals surface area contributed by atoms with Crippen LogP contribution in [0, 0.1) is 5.92 Å². The third-order valence-corrected chi connectivity index (χ3v) is 4.87. The van der Waals surface area contributed by atoms with Gasteiger partial charge >= 0.3 is 0 Å². The number of fused-ring (bicyclic) bond motifs is 1. The Balaban J connectivity index is 1.59. The van der Waals surface area contributed by atoms with Gasteiger partial charge in [0.2, 0.25) is 0 Å². The van der Waals surface area contributed by atoms with Gasteiger partial charge in [-0.3, -0.25) is 9.36 Å². The number of ether oxygens (including phenoxy) is 1. The molecule has 0 spiro atoms. The summed E-state index contributed by atoms with van der Waals surface area (Å²) in [5.41, 5.74) is 0.766. The van der Waals surface area contributed by atoms with Crippen molar-refractivity contribution in [3.63, 3.8) is 0 Å². The molecule has 4 rings (SSSR count). The van der Waals surface area contributed by atoms with Crippen molar-refractivity contribution in [2.24, 2.45) is 5.92 Å². The van der Waals surface area contributed by atoms with Crippen LogP contribution < -0.4 is 10.3 Å². The molecule has 1 aliphatic heterocycles. The zero-order chi connectivity index (χ0) is 15.1. The zero-order valence-electron chi connectivity index (χ0n) is 12.9. The lowest BCUT2D eigenvalue weighted by molar-refractivity contribution is 0.306. The summed E-state index contributed by atoms with van der Waals surface area (Å²) >= 11 is 0. The number of aromatic nitrogens is 2. The lowest BCUT2D eigenvalue weighted by Crippen LogP contribution is -2.27. The van der Waals surface area contributed by atoms with Crippen LogP contribution >= 0.6 is 0 Å². The molecule has 1 aromatic carbocycles. The standard InChI is InChI=1S/C17H21N3O2/c1-22-14-4-5-16-15(8-14)17(21)20(11-18-16)10-12-6-7-19(9-12)13-2-3-13/h4-5,8,11-13H,2-3,6-7,9-10H2,1H3/t12-/m0/s1. The molecule has 2 aliphatic rings. The first-order valence-electron chi connectivity index (χ1n) is 8.02. The Hall–Kier alpha value is -1.88. The van der Waals surface area contributed by atoms with Gasteiger partial charge in [-0.05, 0) is 49.9 Å². The van der Waals surface area contributed by atoms with Gasteiger partial charge in [0.15, 0.2) is 0 Å². The Morgan fingerprint density at radius 1 is 1.32 bits per heavy atom. The number of hydrogen-bond donors (Lipinski definition) is 0. The molecule has 0 N–H and O–H groups in total. The summed E-state index contributed by atoms with van der Waals surface area (Å²) in [6.45, 7) is 3.06. The number of nitrogens with zero attached hydrogens (tertiary/aromatic N) is 3. The molecule has 1 aromatic heterocycles. The summed E-state index contributed by atoms with van der Waals surface area (Å²) in [7, 11) is 1.61. The molecule has 1 atom stereocenters. The summed E-state index contributed by atoms with van der Waals surface area (Å²) < 4.78 is 6.98. The highest BCUT2D eigenvalue weighted by Crippen LogP contribution is 2.32. The largest absolute Gasteiger partial charge is 0.497 e. The van der Waals surface area contributed by atoms with Crippen molar-refractivity contribution in [3.05, 3.63) is 34.9 Å². The molecular formula is C17H21N3O2. The molecule has 22 heavy (non-hydrogen) atoms. The second-order valence-corrected chi connectivity index (χ2v) is 6.47. The average molecular weight is 299 g/mol. The fourth-order valence-electron chi connectivity index (χ4n) is 3.46. The van der Waals surface area contributed by atoms with Crippen LogP contribution in [0.3, 0.4) is 0 Å². The van der Waals surface area contributed by atoms with Crippen LogP contribution in [0.15, 0.2) is 29.3 Å². The third kappa shape index (κ3) is 2.50. The molecule has 0 unspecified atom stereocenters. The van der Waals surface area contributed by atoms with Crippen LogP contribution in [0.5, 0.6) is 5.75 Å². The lowest BCUT2D eigenvalue weighted by atomic mass is 10.1.